The van der Waals surface area contributed by atoms with Gasteiger partial charge in [0.2, 0.25) is 0 Å². The Morgan fingerprint density at radius 2 is 2.18 bits per heavy atom. The van der Waals surface area contributed by atoms with Crippen LogP contribution in [0.4, 0.5) is 0 Å². The second-order valence-electron chi connectivity index (χ2n) is 5.67. The van der Waals surface area contributed by atoms with Crippen LogP contribution in [-0.4, -0.2) is 28.0 Å². The lowest BCUT2D eigenvalue weighted by Crippen LogP contribution is -2.32. The largest absolute Gasteiger partial charge is 0.310 e. The van der Waals surface area contributed by atoms with Gasteiger partial charge in [-0.25, -0.2) is 4.98 Å². The highest BCUT2D eigenvalue weighted by molar-refractivity contribution is 7.10. The Balaban J connectivity index is 1.49. The van der Waals surface area contributed by atoms with Crippen molar-refractivity contribution in [3.8, 4) is 0 Å². The van der Waals surface area contributed by atoms with E-state index >= 15 is 0 Å². The quantitative estimate of drug-likeness (QED) is 0.809. The summed E-state index contributed by atoms with van der Waals surface area (Å²) in [6, 6.07) is 9.72. The Labute approximate surface area is 132 Å². The molecule has 0 atom stereocenters. The van der Waals surface area contributed by atoms with Crippen molar-refractivity contribution in [1.82, 2.24) is 14.9 Å². The third kappa shape index (κ3) is 2.58. The molecule has 112 valence electrons. The van der Waals surface area contributed by atoms with Crippen LogP contribution in [0, 0.1) is 0 Å². The summed E-state index contributed by atoms with van der Waals surface area (Å²) in [6.45, 7) is 3.03. The number of hydrogen-bond acceptors (Lipinski definition) is 4. The van der Waals surface area contributed by atoms with Crippen LogP contribution in [-0.2, 0) is 19.4 Å². The predicted octanol–water partition coefficient (Wildman–Crippen LogP) is 2.59. The van der Waals surface area contributed by atoms with Crippen molar-refractivity contribution in [2.75, 3.05) is 13.1 Å². The van der Waals surface area contributed by atoms with Crippen LogP contribution in [0.15, 0.2) is 40.5 Å². The molecule has 2 aromatic heterocycles. The minimum Gasteiger partial charge on any atom is -0.310 e. The summed E-state index contributed by atoms with van der Waals surface area (Å²) in [6.07, 6.45) is 1.91. The van der Waals surface area contributed by atoms with Gasteiger partial charge in [0, 0.05) is 30.9 Å². The van der Waals surface area contributed by atoms with E-state index < -0.39 is 0 Å². The zero-order valence-corrected chi connectivity index (χ0v) is 13.0. The van der Waals surface area contributed by atoms with E-state index in [4.69, 9.17) is 0 Å². The first-order valence-corrected chi connectivity index (χ1v) is 8.43. The molecule has 3 heterocycles. The van der Waals surface area contributed by atoms with Crippen LogP contribution in [0.1, 0.15) is 16.3 Å². The lowest BCUT2D eigenvalue weighted by Gasteiger charge is -2.26. The second-order valence-corrected chi connectivity index (χ2v) is 6.68. The second kappa shape index (κ2) is 5.66. The topological polar surface area (TPSA) is 49.0 Å². The molecule has 1 aromatic carbocycles. The Hall–Kier alpha value is -1.98. The molecule has 0 bridgehead atoms. The molecule has 4 rings (SSSR count). The number of aromatic nitrogens is 2. The Morgan fingerprint density at radius 3 is 3.14 bits per heavy atom. The van der Waals surface area contributed by atoms with Gasteiger partial charge in [0.15, 0.2) is 0 Å². The molecule has 1 aliphatic heterocycles. The fourth-order valence-electron chi connectivity index (χ4n) is 3.02. The van der Waals surface area contributed by atoms with Crippen LogP contribution in [0.5, 0.6) is 0 Å². The molecule has 0 unspecified atom stereocenters. The number of fused-ring (bicyclic) bond motifs is 2. The smallest absolute Gasteiger partial charge is 0.258 e. The van der Waals surface area contributed by atoms with Gasteiger partial charge in [-0.1, -0.05) is 12.1 Å². The molecule has 0 radical (unpaired) electrons. The number of H-pyrrole nitrogens is 1. The average molecular weight is 311 g/mol. The molecule has 1 aliphatic rings. The molecule has 5 heteroatoms. The zero-order chi connectivity index (χ0) is 14.9. The van der Waals surface area contributed by atoms with Crippen LogP contribution < -0.4 is 5.56 Å². The Kier molecular flexibility index (Phi) is 3.52. The normalized spacial score (nSPS) is 15.1. The lowest BCUT2D eigenvalue weighted by molar-refractivity contribution is 0.257. The van der Waals surface area contributed by atoms with Gasteiger partial charge >= 0.3 is 0 Å². The number of aromatic amines is 1. The van der Waals surface area contributed by atoms with Crippen molar-refractivity contribution < 1.29 is 0 Å². The molecule has 0 saturated heterocycles. The van der Waals surface area contributed by atoms with Gasteiger partial charge in [-0.15, -0.1) is 11.3 Å². The molecular formula is C17H17N3OS. The van der Waals surface area contributed by atoms with Crippen molar-refractivity contribution in [1.29, 1.82) is 0 Å². The third-order valence-corrected chi connectivity index (χ3v) is 5.24. The fourth-order valence-corrected chi connectivity index (χ4v) is 3.90. The molecule has 4 nitrogen and oxygen atoms in total. The third-order valence-electron chi connectivity index (χ3n) is 4.21. The van der Waals surface area contributed by atoms with Crippen LogP contribution >= 0.6 is 11.3 Å². The van der Waals surface area contributed by atoms with Crippen LogP contribution in [0.25, 0.3) is 10.9 Å². The minimum absolute atomic E-state index is 0.0423. The minimum atomic E-state index is -0.0423. The fraction of sp³-hybridized carbons (Fsp3) is 0.294. The molecular weight excluding hydrogens is 294 g/mol. The highest BCUT2D eigenvalue weighted by atomic mass is 32.1. The zero-order valence-electron chi connectivity index (χ0n) is 12.2. The monoisotopic (exact) mass is 311 g/mol. The molecule has 0 saturated carbocycles. The van der Waals surface area contributed by atoms with E-state index in [0.717, 1.165) is 43.8 Å². The van der Waals surface area contributed by atoms with Gasteiger partial charge in [-0.2, -0.15) is 0 Å². The van der Waals surface area contributed by atoms with Gasteiger partial charge in [0.25, 0.3) is 5.56 Å². The van der Waals surface area contributed by atoms with E-state index in [1.54, 1.807) is 0 Å². The Morgan fingerprint density at radius 1 is 1.27 bits per heavy atom. The van der Waals surface area contributed by atoms with Gasteiger partial charge in [0.05, 0.1) is 10.9 Å². The van der Waals surface area contributed by atoms with E-state index in [1.807, 2.05) is 35.6 Å². The maximum Gasteiger partial charge on any atom is 0.258 e. The standard InChI is InChI=1S/C17H17N3OS/c21-17-13-3-1-2-4-14(13)18-16(19-17)6-9-20-8-5-15-12(11-20)7-10-22-15/h1-4,7,10H,5-6,8-9,11H2,(H,18,19,21). The first-order valence-electron chi connectivity index (χ1n) is 7.55. The van der Waals surface area contributed by atoms with Crippen molar-refractivity contribution in [3.63, 3.8) is 0 Å². The number of para-hydroxylation sites is 1. The van der Waals surface area contributed by atoms with Crippen LogP contribution in [0.2, 0.25) is 0 Å². The molecule has 0 fully saturated rings. The van der Waals surface area contributed by atoms with E-state index in [0.29, 0.717) is 5.39 Å². The van der Waals surface area contributed by atoms with Crippen molar-refractivity contribution >= 4 is 22.2 Å². The van der Waals surface area contributed by atoms with Gasteiger partial charge < -0.3 is 4.98 Å². The number of thiophene rings is 1. The molecule has 0 amide bonds. The maximum atomic E-state index is 12.1. The number of benzene rings is 1. The molecule has 0 spiro atoms. The summed E-state index contributed by atoms with van der Waals surface area (Å²) in [7, 11) is 0. The highest BCUT2D eigenvalue weighted by Crippen LogP contribution is 2.23. The number of rotatable bonds is 3. The van der Waals surface area contributed by atoms with E-state index in [9.17, 15) is 4.79 Å². The summed E-state index contributed by atoms with van der Waals surface area (Å²) < 4.78 is 0. The molecule has 1 N–H and O–H groups in total. The average Bonchev–Trinajstić information content (AvgIpc) is 3.00. The molecule has 3 aromatic rings. The van der Waals surface area contributed by atoms with E-state index in [1.165, 1.54) is 10.4 Å². The predicted molar refractivity (Wildman–Crippen MR) is 89.4 cm³/mol. The van der Waals surface area contributed by atoms with Crippen molar-refractivity contribution in [2.45, 2.75) is 19.4 Å². The first kappa shape index (κ1) is 13.7. The highest BCUT2D eigenvalue weighted by Gasteiger charge is 2.17. The number of nitrogens with zero attached hydrogens (tertiary/aromatic N) is 2. The summed E-state index contributed by atoms with van der Waals surface area (Å²) in [5.41, 5.74) is 2.19. The molecule has 0 aliphatic carbocycles. The van der Waals surface area contributed by atoms with Crippen molar-refractivity contribution in [3.05, 3.63) is 62.3 Å². The SMILES string of the molecule is O=c1[nH]c(CCN2CCc3sccc3C2)nc2ccccc12. The summed E-state index contributed by atoms with van der Waals surface area (Å²) in [5, 5.41) is 2.84. The van der Waals surface area contributed by atoms with Gasteiger partial charge in [-0.05, 0) is 35.6 Å². The van der Waals surface area contributed by atoms with Crippen molar-refractivity contribution in [2.24, 2.45) is 0 Å². The van der Waals surface area contributed by atoms with E-state index in [2.05, 4.69) is 26.3 Å². The maximum absolute atomic E-state index is 12.1. The molecule has 22 heavy (non-hydrogen) atoms. The van der Waals surface area contributed by atoms with Gasteiger partial charge in [0.1, 0.15) is 5.82 Å². The summed E-state index contributed by atoms with van der Waals surface area (Å²) >= 11 is 1.86. The van der Waals surface area contributed by atoms with E-state index in [-0.39, 0.29) is 5.56 Å². The Bertz CT molecular complexity index is 867. The lowest BCUT2D eigenvalue weighted by atomic mass is 10.1. The van der Waals surface area contributed by atoms with Gasteiger partial charge in [-0.3, -0.25) is 9.69 Å². The summed E-state index contributed by atoms with van der Waals surface area (Å²) in [4.78, 5) is 23.5. The number of nitrogens with one attached hydrogen (secondary N) is 1. The summed E-state index contributed by atoms with van der Waals surface area (Å²) in [5.74, 6) is 0.778. The van der Waals surface area contributed by atoms with Crippen LogP contribution in [0.3, 0.4) is 0 Å². The number of hydrogen-bond donors (Lipinski definition) is 1. The first-order chi connectivity index (χ1) is 10.8.